The van der Waals surface area contributed by atoms with Crippen molar-refractivity contribution in [1.82, 2.24) is 0 Å². The van der Waals surface area contributed by atoms with Crippen LogP contribution in [0.2, 0.25) is 0 Å². The van der Waals surface area contributed by atoms with Crippen LogP contribution in [0.15, 0.2) is 192 Å². The van der Waals surface area contributed by atoms with E-state index in [4.69, 9.17) is 4.42 Å². The summed E-state index contributed by atoms with van der Waals surface area (Å²) in [6.45, 7) is 0. The van der Waals surface area contributed by atoms with E-state index in [0.717, 1.165) is 44.4 Å². The van der Waals surface area contributed by atoms with Gasteiger partial charge in [-0.1, -0.05) is 140 Å². The first-order valence-corrected chi connectivity index (χ1v) is 17.1. The highest BCUT2D eigenvalue weighted by atomic mass is 16.3. The molecule has 10 rings (SSSR count). The fourth-order valence-corrected chi connectivity index (χ4v) is 7.63. The molecule has 0 unspecified atom stereocenters. The molecule has 0 bridgehead atoms. The van der Waals surface area contributed by atoms with Gasteiger partial charge in [0.05, 0.1) is 11.1 Å². The van der Waals surface area contributed by atoms with Crippen LogP contribution in [0.1, 0.15) is 0 Å². The van der Waals surface area contributed by atoms with Gasteiger partial charge in [-0.25, -0.2) is 0 Å². The van der Waals surface area contributed by atoms with Gasteiger partial charge in [-0.15, -0.1) is 0 Å². The molecule has 0 saturated carbocycles. The summed E-state index contributed by atoms with van der Waals surface area (Å²) >= 11 is 0. The van der Waals surface area contributed by atoms with Crippen LogP contribution in [-0.4, -0.2) is 0 Å². The molecule has 0 aliphatic heterocycles. The largest absolute Gasteiger partial charge is 0.455 e. The predicted octanol–water partition coefficient (Wildman–Crippen LogP) is 13.8. The number of furan rings is 1. The average Bonchev–Trinajstić information content (AvgIpc) is 3.58. The first-order valence-electron chi connectivity index (χ1n) is 17.1. The molecule has 0 atom stereocenters. The molecule has 0 amide bonds. The Labute approximate surface area is 290 Å². The minimum atomic E-state index is 0.870. The monoisotopic (exact) mass is 637 g/mol. The summed E-state index contributed by atoms with van der Waals surface area (Å²) in [5.41, 5.74) is 9.75. The Hall–Kier alpha value is -6.64. The maximum absolute atomic E-state index is 6.68. The van der Waals surface area contributed by atoms with E-state index in [1.807, 2.05) is 0 Å². The van der Waals surface area contributed by atoms with Crippen molar-refractivity contribution in [2.75, 3.05) is 4.90 Å². The molecule has 0 aliphatic rings. The summed E-state index contributed by atoms with van der Waals surface area (Å²) < 4.78 is 6.68. The number of fused-ring (bicyclic) bond motifs is 7. The van der Waals surface area contributed by atoms with E-state index in [1.165, 1.54) is 49.2 Å². The minimum absolute atomic E-state index is 0.870. The molecule has 1 aromatic heterocycles. The van der Waals surface area contributed by atoms with Gasteiger partial charge in [0.1, 0.15) is 11.2 Å². The Balaban J connectivity index is 1.22. The zero-order valence-electron chi connectivity index (χ0n) is 27.3. The lowest BCUT2D eigenvalue weighted by molar-refractivity contribution is 0.672. The van der Waals surface area contributed by atoms with Gasteiger partial charge in [-0.3, -0.25) is 0 Å². The van der Waals surface area contributed by atoms with E-state index in [-0.39, 0.29) is 0 Å². The Kier molecular flexibility index (Phi) is 6.53. The Morgan fingerprint density at radius 1 is 0.360 bits per heavy atom. The van der Waals surface area contributed by atoms with E-state index in [2.05, 4.69) is 193 Å². The van der Waals surface area contributed by atoms with Crippen LogP contribution in [-0.2, 0) is 0 Å². The first-order chi connectivity index (χ1) is 24.8. The number of anilines is 3. The van der Waals surface area contributed by atoms with Gasteiger partial charge in [0.2, 0.25) is 0 Å². The molecule has 0 N–H and O–H groups in total. The molecule has 234 valence electrons. The number of nitrogens with zero attached hydrogens (tertiary/aromatic N) is 1. The van der Waals surface area contributed by atoms with Crippen molar-refractivity contribution in [2.45, 2.75) is 0 Å². The highest BCUT2D eigenvalue weighted by Crippen LogP contribution is 2.45. The van der Waals surface area contributed by atoms with Gasteiger partial charge in [-0.2, -0.15) is 0 Å². The number of benzene rings is 9. The van der Waals surface area contributed by atoms with Crippen LogP contribution < -0.4 is 4.90 Å². The third kappa shape index (κ3) is 4.65. The lowest BCUT2D eigenvalue weighted by atomic mass is 9.97. The zero-order chi connectivity index (χ0) is 33.0. The molecular weight excluding hydrogens is 607 g/mol. The van der Waals surface area contributed by atoms with E-state index in [0.29, 0.717) is 0 Å². The maximum Gasteiger partial charge on any atom is 0.143 e. The summed E-state index contributed by atoms with van der Waals surface area (Å²) in [6, 6.07) is 67.6. The standard InChI is InChI=1S/C48H31NO/c1-2-14-35-29-37(26-25-32(35)11-1)36-16-7-18-39(30-36)49(40-19-8-17-38(31-40)42-22-9-15-33-12-3-5-20-41(33)42)45-23-10-24-46-47(45)44-28-27-34-13-4-6-21-43(34)48(44)50-46/h1-31H. The van der Waals surface area contributed by atoms with E-state index >= 15 is 0 Å². The Morgan fingerprint density at radius 3 is 1.80 bits per heavy atom. The fourth-order valence-electron chi connectivity index (χ4n) is 7.63. The summed E-state index contributed by atoms with van der Waals surface area (Å²) in [7, 11) is 0. The molecule has 0 radical (unpaired) electrons. The highest BCUT2D eigenvalue weighted by Gasteiger charge is 2.21. The van der Waals surface area contributed by atoms with Crippen LogP contribution in [0, 0.1) is 0 Å². The van der Waals surface area contributed by atoms with Crippen LogP contribution in [0.3, 0.4) is 0 Å². The molecule has 1 heterocycles. The second-order valence-electron chi connectivity index (χ2n) is 12.9. The first kappa shape index (κ1) is 28.4. The smallest absolute Gasteiger partial charge is 0.143 e. The topological polar surface area (TPSA) is 16.4 Å². The fraction of sp³-hybridized carbons (Fsp3) is 0. The van der Waals surface area contributed by atoms with Crippen molar-refractivity contribution in [3.8, 4) is 22.3 Å². The average molecular weight is 638 g/mol. The van der Waals surface area contributed by atoms with Crippen molar-refractivity contribution in [3.05, 3.63) is 188 Å². The van der Waals surface area contributed by atoms with Gasteiger partial charge in [0, 0.05) is 22.1 Å². The van der Waals surface area contributed by atoms with Crippen LogP contribution >= 0.6 is 0 Å². The molecule has 50 heavy (non-hydrogen) atoms. The van der Waals surface area contributed by atoms with Gasteiger partial charge < -0.3 is 9.32 Å². The van der Waals surface area contributed by atoms with Gasteiger partial charge >= 0.3 is 0 Å². The normalized spacial score (nSPS) is 11.6. The van der Waals surface area contributed by atoms with Gasteiger partial charge in [0.15, 0.2) is 0 Å². The van der Waals surface area contributed by atoms with Crippen molar-refractivity contribution in [3.63, 3.8) is 0 Å². The lowest BCUT2D eigenvalue weighted by Crippen LogP contribution is -2.10. The molecule has 0 spiro atoms. The SMILES string of the molecule is c1cc(-c2ccc3ccccc3c2)cc(N(c2cccc(-c3cccc4ccccc34)c2)c2cccc3oc4c5ccccc5ccc4c23)c1. The van der Waals surface area contributed by atoms with Crippen molar-refractivity contribution >= 4 is 71.3 Å². The molecule has 0 aliphatic carbocycles. The minimum Gasteiger partial charge on any atom is -0.455 e. The van der Waals surface area contributed by atoms with Crippen LogP contribution in [0.5, 0.6) is 0 Å². The Bertz CT molecular complexity index is 2890. The molecular formula is C48H31NO. The lowest BCUT2D eigenvalue weighted by Gasteiger charge is -2.27. The molecule has 0 fully saturated rings. The second-order valence-corrected chi connectivity index (χ2v) is 12.9. The maximum atomic E-state index is 6.68. The second kappa shape index (κ2) is 11.5. The van der Waals surface area contributed by atoms with Crippen LogP contribution in [0.25, 0.3) is 76.5 Å². The van der Waals surface area contributed by atoms with Crippen LogP contribution in [0.4, 0.5) is 17.1 Å². The molecule has 9 aromatic carbocycles. The van der Waals surface area contributed by atoms with E-state index < -0.39 is 0 Å². The molecule has 10 aromatic rings. The summed E-state index contributed by atoms with van der Waals surface area (Å²) in [5.74, 6) is 0. The Morgan fingerprint density at radius 2 is 0.960 bits per heavy atom. The van der Waals surface area contributed by atoms with Crippen molar-refractivity contribution in [2.24, 2.45) is 0 Å². The summed E-state index contributed by atoms with van der Waals surface area (Å²) in [5, 5.41) is 9.44. The highest BCUT2D eigenvalue weighted by molar-refractivity contribution is 6.19. The molecule has 2 nitrogen and oxygen atoms in total. The quantitative estimate of drug-likeness (QED) is 0.187. The van der Waals surface area contributed by atoms with Gasteiger partial charge in [-0.05, 0) is 97.7 Å². The number of rotatable bonds is 5. The number of hydrogen-bond acceptors (Lipinski definition) is 2. The predicted molar refractivity (Wildman–Crippen MR) is 212 cm³/mol. The third-order valence-electron chi connectivity index (χ3n) is 10.00. The summed E-state index contributed by atoms with van der Waals surface area (Å²) in [6.07, 6.45) is 0. The molecule has 2 heteroatoms. The molecule has 0 saturated heterocycles. The van der Waals surface area contributed by atoms with Crippen molar-refractivity contribution < 1.29 is 4.42 Å². The van der Waals surface area contributed by atoms with E-state index in [1.54, 1.807) is 0 Å². The van der Waals surface area contributed by atoms with Crippen molar-refractivity contribution in [1.29, 1.82) is 0 Å². The third-order valence-corrected chi connectivity index (χ3v) is 10.00. The zero-order valence-corrected chi connectivity index (χ0v) is 27.3. The van der Waals surface area contributed by atoms with E-state index in [9.17, 15) is 0 Å². The van der Waals surface area contributed by atoms with Gasteiger partial charge in [0.25, 0.3) is 0 Å². The number of hydrogen-bond donors (Lipinski definition) is 0. The summed E-state index contributed by atoms with van der Waals surface area (Å²) in [4.78, 5) is 2.39.